The highest BCUT2D eigenvalue weighted by Crippen LogP contribution is 2.41. The molecule has 38 heavy (non-hydrogen) atoms. The summed E-state index contributed by atoms with van der Waals surface area (Å²) in [7, 11) is 3.12. The normalized spacial score (nSPS) is 11.0. The van der Waals surface area contributed by atoms with Crippen LogP contribution < -0.4 is 18.9 Å². The van der Waals surface area contributed by atoms with E-state index in [2.05, 4.69) is 0 Å². The molecule has 4 rings (SSSR count). The van der Waals surface area contributed by atoms with Gasteiger partial charge in [-0.05, 0) is 55.8 Å². The number of carbonyl (C=O) groups excluding carboxylic acids is 1. The number of aromatic nitrogens is 1. The molecule has 0 bridgehead atoms. The molecule has 0 aliphatic rings. The summed E-state index contributed by atoms with van der Waals surface area (Å²) >= 11 is 0. The molecule has 7 nitrogen and oxygen atoms in total. The third-order valence-electron chi connectivity index (χ3n) is 6.34. The Balaban J connectivity index is 1.84. The Morgan fingerprint density at radius 2 is 1.61 bits per heavy atom. The standard InChI is InChI=1S/C29H30F2N2O5/c1-5-32(6-2)29(34)38-25-14-12-22-21(27(25)19-11-13-24(35-3)26(17-19)36-4)15-16-33(22)18-20-9-7-8-10-23(20)37-28(30)31/h7-17,28H,5-6,18H2,1-4H3. The van der Waals surface area contributed by atoms with Gasteiger partial charge in [-0.15, -0.1) is 0 Å². The Kier molecular flexibility index (Phi) is 8.35. The summed E-state index contributed by atoms with van der Waals surface area (Å²) in [6, 6.07) is 17.7. The van der Waals surface area contributed by atoms with E-state index in [1.165, 1.54) is 6.07 Å². The van der Waals surface area contributed by atoms with Gasteiger partial charge in [0.2, 0.25) is 0 Å². The zero-order chi connectivity index (χ0) is 27.2. The fraction of sp³-hybridized carbons (Fsp3) is 0.276. The van der Waals surface area contributed by atoms with E-state index in [4.69, 9.17) is 18.9 Å². The first-order chi connectivity index (χ1) is 18.4. The molecule has 200 valence electrons. The van der Waals surface area contributed by atoms with Gasteiger partial charge in [0.15, 0.2) is 11.5 Å². The van der Waals surface area contributed by atoms with Crippen LogP contribution in [0.3, 0.4) is 0 Å². The molecular formula is C29H30F2N2O5. The molecule has 1 heterocycles. The van der Waals surface area contributed by atoms with E-state index < -0.39 is 12.7 Å². The van der Waals surface area contributed by atoms with Gasteiger partial charge in [-0.3, -0.25) is 0 Å². The summed E-state index contributed by atoms with van der Waals surface area (Å²) in [6.07, 6.45) is 1.41. The molecule has 0 aliphatic carbocycles. The molecule has 3 aromatic carbocycles. The molecule has 0 unspecified atom stereocenters. The predicted octanol–water partition coefficient (Wildman–Crippen LogP) is 6.82. The first-order valence-electron chi connectivity index (χ1n) is 12.2. The van der Waals surface area contributed by atoms with Crippen molar-refractivity contribution in [1.29, 1.82) is 0 Å². The molecular weight excluding hydrogens is 494 g/mol. The summed E-state index contributed by atoms with van der Waals surface area (Å²) in [4.78, 5) is 14.5. The van der Waals surface area contributed by atoms with Gasteiger partial charge in [0.25, 0.3) is 0 Å². The summed E-state index contributed by atoms with van der Waals surface area (Å²) in [5, 5.41) is 0.814. The van der Waals surface area contributed by atoms with Crippen LogP contribution in [-0.2, 0) is 6.54 Å². The smallest absolute Gasteiger partial charge is 0.415 e. The second kappa shape index (κ2) is 11.9. The summed E-state index contributed by atoms with van der Waals surface area (Å²) in [6.45, 7) is 2.19. The van der Waals surface area contributed by atoms with Gasteiger partial charge >= 0.3 is 12.7 Å². The van der Waals surface area contributed by atoms with Crippen LogP contribution in [0.15, 0.2) is 66.9 Å². The number of halogens is 2. The van der Waals surface area contributed by atoms with Crippen molar-refractivity contribution >= 4 is 17.0 Å². The monoisotopic (exact) mass is 524 g/mol. The lowest BCUT2D eigenvalue weighted by molar-refractivity contribution is -0.0504. The van der Waals surface area contributed by atoms with Crippen molar-refractivity contribution in [3.8, 4) is 34.1 Å². The van der Waals surface area contributed by atoms with E-state index in [9.17, 15) is 13.6 Å². The second-order valence-corrected chi connectivity index (χ2v) is 8.41. The van der Waals surface area contributed by atoms with E-state index >= 15 is 0 Å². The first-order valence-corrected chi connectivity index (χ1v) is 12.2. The van der Waals surface area contributed by atoms with Crippen molar-refractivity contribution in [1.82, 2.24) is 9.47 Å². The summed E-state index contributed by atoms with van der Waals surface area (Å²) < 4.78 is 49.3. The molecule has 0 N–H and O–H groups in total. The van der Waals surface area contributed by atoms with Gasteiger partial charge in [-0.1, -0.05) is 24.3 Å². The van der Waals surface area contributed by atoms with Crippen molar-refractivity contribution in [2.45, 2.75) is 27.0 Å². The predicted molar refractivity (Wildman–Crippen MR) is 142 cm³/mol. The Morgan fingerprint density at radius 1 is 0.895 bits per heavy atom. The Labute approximate surface area is 220 Å². The van der Waals surface area contributed by atoms with E-state index in [1.807, 2.05) is 48.9 Å². The van der Waals surface area contributed by atoms with Gasteiger partial charge in [0.05, 0.1) is 20.8 Å². The van der Waals surface area contributed by atoms with E-state index in [0.29, 0.717) is 48.0 Å². The highest BCUT2D eigenvalue weighted by Gasteiger charge is 2.21. The van der Waals surface area contributed by atoms with Crippen molar-refractivity contribution in [2.24, 2.45) is 0 Å². The average Bonchev–Trinajstić information content (AvgIpc) is 3.32. The quantitative estimate of drug-likeness (QED) is 0.228. The number of amides is 1. The molecule has 1 amide bonds. The first kappa shape index (κ1) is 26.8. The molecule has 0 atom stereocenters. The lowest BCUT2D eigenvalue weighted by atomic mass is 10.00. The number of benzene rings is 3. The number of ether oxygens (including phenoxy) is 4. The third-order valence-corrected chi connectivity index (χ3v) is 6.34. The number of hydrogen-bond acceptors (Lipinski definition) is 5. The minimum absolute atomic E-state index is 0.120. The van der Waals surface area contributed by atoms with Crippen molar-refractivity contribution < 1.29 is 32.5 Å². The van der Waals surface area contributed by atoms with Gasteiger partial charge in [-0.25, -0.2) is 4.79 Å². The lowest BCUT2D eigenvalue weighted by Gasteiger charge is -2.20. The van der Waals surface area contributed by atoms with Gasteiger partial charge in [0.1, 0.15) is 11.5 Å². The number of methoxy groups -OCH3 is 2. The van der Waals surface area contributed by atoms with Crippen LogP contribution in [0.2, 0.25) is 0 Å². The number of alkyl halides is 2. The molecule has 4 aromatic rings. The number of nitrogens with zero attached hydrogens (tertiary/aromatic N) is 2. The maximum absolute atomic E-state index is 13.0. The number of fused-ring (bicyclic) bond motifs is 1. The molecule has 0 aliphatic heterocycles. The zero-order valence-corrected chi connectivity index (χ0v) is 21.7. The third kappa shape index (κ3) is 5.51. The van der Waals surface area contributed by atoms with Crippen LogP contribution in [-0.4, -0.2) is 49.5 Å². The Bertz CT molecular complexity index is 1420. The van der Waals surface area contributed by atoms with Crippen molar-refractivity contribution in [3.05, 3.63) is 72.4 Å². The zero-order valence-electron chi connectivity index (χ0n) is 21.7. The fourth-order valence-electron chi connectivity index (χ4n) is 4.43. The highest BCUT2D eigenvalue weighted by atomic mass is 19.3. The van der Waals surface area contributed by atoms with Crippen molar-refractivity contribution in [2.75, 3.05) is 27.3 Å². The molecule has 9 heteroatoms. The van der Waals surface area contributed by atoms with Crippen LogP contribution in [0.4, 0.5) is 13.6 Å². The van der Waals surface area contributed by atoms with Gasteiger partial charge in [0, 0.05) is 41.3 Å². The highest BCUT2D eigenvalue weighted by molar-refractivity contribution is 6.00. The molecule has 1 aromatic heterocycles. The topological polar surface area (TPSA) is 62.2 Å². The maximum Gasteiger partial charge on any atom is 0.415 e. The number of para-hydroxylation sites is 1. The van der Waals surface area contributed by atoms with Gasteiger partial charge in [-0.2, -0.15) is 8.78 Å². The summed E-state index contributed by atoms with van der Waals surface area (Å²) in [5.41, 5.74) is 2.88. The second-order valence-electron chi connectivity index (χ2n) is 8.41. The number of hydrogen-bond donors (Lipinski definition) is 0. The minimum Gasteiger partial charge on any atom is -0.493 e. The van der Waals surface area contributed by atoms with Gasteiger partial charge < -0.3 is 28.4 Å². The molecule has 0 radical (unpaired) electrons. The Morgan fingerprint density at radius 3 is 2.29 bits per heavy atom. The maximum atomic E-state index is 13.0. The molecule has 0 saturated heterocycles. The van der Waals surface area contributed by atoms with Crippen LogP contribution in [0.25, 0.3) is 22.0 Å². The number of carbonyl (C=O) groups is 1. The SMILES string of the molecule is CCN(CC)C(=O)Oc1ccc2c(ccn2Cc2ccccc2OC(F)F)c1-c1ccc(OC)c(OC)c1. The van der Waals surface area contributed by atoms with E-state index in [1.54, 1.807) is 49.5 Å². The molecule has 0 spiro atoms. The summed E-state index contributed by atoms with van der Waals surface area (Å²) in [5.74, 6) is 1.61. The van der Waals surface area contributed by atoms with Crippen molar-refractivity contribution in [3.63, 3.8) is 0 Å². The molecule has 0 fully saturated rings. The molecule has 0 saturated carbocycles. The number of rotatable bonds is 10. The average molecular weight is 525 g/mol. The fourth-order valence-corrected chi connectivity index (χ4v) is 4.43. The Hall–Kier alpha value is -4.27. The lowest BCUT2D eigenvalue weighted by Crippen LogP contribution is -2.33. The van der Waals surface area contributed by atoms with E-state index in [0.717, 1.165) is 16.5 Å². The van der Waals surface area contributed by atoms with Crippen LogP contribution in [0.1, 0.15) is 19.4 Å². The van der Waals surface area contributed by atoms with Crippen LogP contribution >= 0.6 is 0 Å². The van der Waals surface area contributed by atoms with Crippen LogP contribution in [0, 0.1) is 0 Å². The van der Waals surface area contributed by atoms with E-state index in [-0.39, 0.29) is 5.75 Å². The van der Waals surface area contributed by atoms with Crippen LogP contribution in [0.5, 0.6) is 23.0 Å². The largest absolute Gasteiger partial charge is 0.493 e. The minimum atomic E-state index is -2.92.